The standard InChI is InChI=1S/C42H29N5O2.2Pd/c1-3-28-22-34(48-32-14-9-12-30(24-32)36-16-5-7-18-43-36)26-38-40(28)41-29(4-2)23-35(27-39(41)47(38)42-45-20-11-21-46-42)49-33-15-10-13-31(25-33)37-17-6-8-19-44-37;;/h5-23H,3-4H2,1-2H3;;/q-4;2*+2. The molecule has 4 heterocycles. The number of aryl methyl sites for hydroxylation is 2. The molecular formula is C42H29N5O2Pd2. The number of nitrogens with zero attached hydrogens (tertiary/aromatic N) is 5. The van der Waals surface area contributed by atoms with E-state index in [1.807, 2.05) is 77.4 Å². The van der Waals surface area contributed by atoms with Gasteiger partial charge in [0.15, 0.2) is 0 Å². The second-order valence-electron chi connectivity index (χ2n) is 11.3. The molecule has 0 bridgehead atoms. The van der Waals surface area contributed by atoms with Crippen molar-refractivity contribution >= 4 is 21.8 Å². The summed E-state index contributed by atoms with van der Waals surface area (Å²) in [6.45, 7) is 4.29. The molecule has 0 atom stereocenters. The molecule has 8 aromatic rings. The SMILES string of the molecule is CCc1cc(Oc2[c-]c(-c3ccccn3)ccc2)[c-]c2c1c1c(CC)cc(Oc3[c-]c(-c4ccccn4)ccc3)[c-]c1n2-c1ncccn1.[Pd+2].[Pd+2]. The van der Waals surface area contributed by atoms with Gasteiger partial charge in [-0.1, -0.05) is 74.1 Å². The summed E-state index contributed by atoms with van der Waals surface area (Å²) < 4.78 is 14.9. The second-order valence-corrected chi connectivity index (χ2v) is 11.3. The predicted molar refractivity (Wildman–Crippen MR) is 190 cm³/mol. The van der Waals surface area contributed by atoms with Crippen molar-refractivity contribution in [1.82, 2.24) is 24.5 Å². The van der Waals surface area contributed by atoms with Crippen LogP contribution in [-0.2, 0) is 53.7 Å². The molecule has 0 saturated heterocycles. The number of rotatable bonds is 9. The Morgan fingerprint density at radius 3 is 1.41 bits per heavy atom. The summed E-state index contributed by atoms with van der Waals surface area (Å²) in [7, 11) is 0. The van der Waals surface area contributed by atoms with Crippen LogP contribution in [0.4, 0.5) is 0 Å². The molecule has 0 unspecified atom stereocenters. The average Bonchev–Trinajstić information content (AvgIpc) is 3.49. The monoisotopic (exact) mass is 847 g/mol. The molecule has 7 nitrogen and oxygen atoms in total. The summed E-state index contributed by atoms with van der Waals surface area (Å²) >= 11 is 0. The third-order valence-corrected chi connectivity index (χ3v) is 8.28. The van der Waals surface area contributed by atoms with Crippen LogP contribution in [0.1, 0.15) is 25.0 Å². The van der Waals surface area contributed by atoms with Gasteiger partial charge in [-0.15, -0.1) is 71.8 Å². The molecule has 51 heavy (non-hydrogen) atoms. The Bertz CT molecular complexity index is 2270. The smallest absolute Gasteiger partial charge is 0.503 e. The Hall–Kier alpha value is -5.02. The zero-order valence-corrected chi connectivity index (χ0v) is 30.7. The van der Waals surface area contributed by atoms with Crippen LogP contribution >= 0.6 is 0 Å². The fourth-order valence-electron chi connectivity index (χ4n) is 6.07. The van der Waals surface area contributed by atoms with Gasteiger partial charge >= 0.3 is 40.8 Å². The van der Waals surface area contributed by atoms with E-state index in [1.165, 1.54) is 0 Å². The first-order chi connectivity index (χ1) is 24.2. The second kappa shape index (κ2) is 15.9. The average molecular weight is 849 g/mol. The maximum absolute atomic E-state index is 6.45. The Kier molecular flexibility index (Phi) is 11.2. The van der Waals surface area contributed by atoms with Crippen LogP contribution in [0.3, 0.4) is 0 Å². The van der Waals surface area contributed by atoms with E-state index < -0.39 is 0 Å². The van der Waals surface area contributed by atoms with Gasteiger partial charge in [-0.05, 0) is 29.6 Å². The van der Waals surface area contributed by atoms with Gasteiger partial charge < -0.3 is 24.0 Å². The van der Waals surface area contributed by atoms with Crippen molar-refractivity contribution in [2.75, 3.05) is 0 Å². The van der Waals surface area contributed by atoms with Crippen LogP contribution in [0.2, 0.25) is 0 Å². The van der Waals surface area contributed by atoms with E-state index in [2.05, 4.69) is 70.2 Å². The molecule has 0 aliphatic heterocycles. The van der Waals surface area contributed by atoms with Crippen molar-refractivity contribution in [1.29, 1.82) is 0 Å². The minimum Gasteiger partial charge on any atom is -0.503 e. The summed E-state index contributed by atoms with van der Waals surface area (Å²) in [6, 6.07) is 43.0. The van der Waals surface area contributed by atoms with E-state index in [1.54, 1.807) is 30.9 Å². The third kappa shape index (κ3) is 7.26. The number of benzene rings is 4. The van der Waals surface area contributed by atoms with Crippen molar-refractivity contribution in [2.24, 2.45) is 0 Å². The summed E-state index contributed by atoms with van der Waals surface area (Å²) in [5.41, 5.74) is 7.15. The molecular weight excluding hydrogens is 819 g/mol. The fourth-order valence-corrected chi connectivity index (χ4v) is 6.07. The quantitative estimate of drug-likeness (QED) is 0.107. The predicted octanol–water partition coefficient (Wildman–Crippen LogP) is 9.60. The van der Waals surface area contributed by atoms with E-state index in [9.17, 15) is 0 Å². The summed E-state index contributed by atoms with van der Waals surface area (Å²) in [4.78, 5) is 18.3. The molecule has 9 heteroatoms. The van der Waals surface area contributed by atoms with Gasteiger partial charge in [-0.25, -0.2) is 9.97 Å². The molecule has 254 valence electrons. The van der Waals surface area contributed by atoms with Gasteiger partial charge in [0.2, 0.25) is 5.95 Å². The van der Waals surface area contributed by atoms with E-state index in [4.69, 9.17) is 9.47 Å². The number of hydrogen-bond acceptors (Lipinski definition) is 6. The first kappa shape index (κ1) is 35.8. The van der Waals surface area contributed by atoms with E-state index in [0.29, 0.717) is 28.9 Å². The van der Waals surface area contributed by atoms with Crippen LogP contribution in [-0.4, -0.2) is 24.5 Å². The van der Waals surface area contributed by atoms with E-state index >= 15 is 0 Å². The largest absolute Gasteiger partial charge is 2.00 e. The Morgan fingerprint density at radius 1 is 0.510 bits per heavy atom. The molecule has 0 saturated carbocycles. The Balaban J connectivity index is 0.00000224. The molecule has 0 aliphatic rings. The summed E-state index contributed by atoms with van der Waals surface area (Å²) in [5, 5.41) is 2.12. The minimum atomic E-state index is 0. The van der Waals surface area contributed by atoms with Crippen molar-refractivity contribution in [2.45, 2.75) is 26.7 Å². The summed E-state index contributed by atoms with van der Waals surface area (Å²) in [6.07, 6.45) is 8.55. The molecule has 4 aromatic carbocycles. The normalized spacial score (nSPS) is 10.8. The van der Waals surface area contributed by atoms with Crippen LogP contribution < -0.4 is 9.47 Å². The molecule has 0 N–H and O–H groups in total. The van der Waals surface area contributed by atoms with Crippen LogP contribution in [0.15, 0.2) is 116 Å². The molecule has 0 spiro atoms. The number of ether oxygens (including phenoxy) is 2. The number of hydrogen-bond donors (Lipinski definition) is 0. The van der Waals surface area contributed by atoms with Gasteiger partial charge in [0.05, 0.1) is 0 Å². The van der Waals surface area contributed by atoms with Crippen molar-refractivity contribution in [3.8, 4) is 51.5 Å². The molecule has 0 aliphatic carbocycles. The first-order valence-electron chi connectivity index (χ1n) is 16.2. The van der Waals surface area contributed by atoms with Crippen LogP contribution in [0.25, 0.3) is 50.3 Å². The first-order valence-corrected chi connectivity index (χ1v) is 16.2. The fraction of sp³-hybridized carbons (Fsp3) is 0.0952. The zero-order chi connectivity index (χ0) is 33.2. The van der Waals surface area contributed by atoms with Gasteiger partial charge in [0, 0.05) is 47.8 Å². The molecule has 0 amide bonds. The summed E-state index contributed by atoms with van der Waals surface area (Å²) in [5.74, 6) is 2.77. The van der Waals surface area contributed by atoms with Crippen LogP contribution in [0.5, 0.6) is 23.0 Å². The van der Waals surface area contributed by atoms with Crippen molar-refractivity contribution in [3.05, 3.63) is 151 Å². The number of fused-ring (bicyclic) bond motifs is 3. The minimum absolute atomic E-state index is 0. The maximum Gasteiger partial charge on any atom is 2.00 e. The van der Waals surface area contributed by atoms with Crippen molar-refractivity contribution < 1.29 is 50.3 Å². The Morgan fingerprint density at radius 2 is 0.980 bits per heavy atom. The van der Waals surface area contributed by atoms with Gasteiger partial charge in [0.25, 0.3) is 0 Å². The van der Waals surface area contributed by atoms with Gasteiger partial charge in [-0.2, -0.15) is 21.9 Å². The third-order valence-electron chi connectivity index (χ3n) is 8.28. The van der Waals surface area contributed by atoms with Gasteiger partial charge in [0.1, 0.15) is 0 Å². The van der Waals surface area contributed by atoms with E-state index in [0.717, 1.165) is 68.3 Å². The zero-order valence-electron chi connectivity index (χ0n) is 27.6. The molecule has 4 aromatic heterocycles. The molecule has 8 rings (SSSR count). The Labute approximate surface area is 324 Å². The topological polar surface area (TPSA) is 75.0 Å². The maximum atomic E-state index is 6.45. The number of aromatic nitrogens is 5. The van der Waals surface area contributed by atoms with Crippen LogP contribution in [0, 0.1) is 24.3 Å². The number of pyridine rings is 2. The van der Waals surface area contributed by atoms with E-state index in [-0.39, 0.29) is 40.8 Å². The van der Waals surface area contributed by atoms with Gasteiger partial charge in [-0.3, -0.25) is 0 Å². The molecule has 0 radical (unpaired) electrons. The van der Waals surface area contributed by atoms with Crippen molar-refractivity contribution in [3.63, 3.8) is 0 Å². The molecule has 0 fully saturated rings.